The topological polar surface area (TPSA) is 117 Å². The van der Waals surface area contributed by atoms with Crippen LogP contribution in [0.1, 0.15) is 187 Å². The average molecular weight is 664 g/mol. The van der Waals surface area contributed by atoms with Crippen LogP contribution in [0, 0.1) is 0 Å². The van der Waals surface area contributed by atoms with E-state index in [9.17, 15) is 14.3 Å². The molecule has 0 aliphatic carbocycles. The molecule has 0 spiro atoms. The van der Waals surface area contributed by atoms with E-state index in [4.69, 9.17) is 24.3 Å². The summed E-state index contributed by atoms with van der Waals surface area (Å²) in [6, 6.07) is 0. The lowest BCUT2D eigenvalue weighted by Crippen LogP contribution is -2.28. The molecule has 0 fully saturated rings. The van der Waals surface area contributed by atoms with E-state index in [-0.39, 0.29) is 32.3 Å². The number of carbonyl (C=O) groups is 1. The van der Waals surface area contributed by atoms with Gasteiger partial charge >= 0.3 is 13.8 Å². The Morgan fingerprint density at radius 2 is 0.978 bits per heavy atom. The Morgan fingerprint density at radius 3 is 1.40 bits per heavy atom. The minimum atomic E-state index is -4.25. The van der Waals surface area contributed by atoms with Gasteiger partial charge in [-0.3, -0.25) is 13.8 Å². The van der Waals surface area contributed by atoms with Gasteiger partial charge in [0.05, 0.1) is 19.8 Å². The second kappa shape index (κ2) is 34.8. The third kappa shape index (κ3) is 34.6. The Morgan fingerprint density at radius 1 is 0.578 bits per heavy atom. The molecule has 0 aromatic heterocycles. The maximum Gasteiger partial charge on any atom is 0.472 e. The molecular weight excluding hydrogens is 589 g/mol. The van der Waals surface area contributed by atoms with Crippen molar-refractivity contribution in [2.75, 3.05) is 33.0 Å². The van der Waals surface area contributed by atoms with E-state index in [0.717, 1.165) is 32.1 Å². The number of nitrogens with two attached hydrogens (primary N) is 1. The van der Waals surface area contributed by atoms with E-state index in [1.54, 1.807) is 0 Å². The van der Waals surface area contributed by atoms with Crippen LogP contribution in [0.5, 0.6) is 0 Å². The van der Waals surface area contributed by atoms with Gasteiger partial charge in [0.25, 0.3) is 0 Å². The first-order valence-corrected chi connectivity index (χ1v) is 20.5. The van der Waals surface area contributed by atoms with Crippen LogP contribution in [-0.4, -0.2) is 49.9 Å². The highest BCUT2D eigenvalue weighted by Gasteiger charge is 2.25. The predicted octanol–water partition coefficient (Wildman–Crippen LogP) is 10.6. The van der Waals surface area contributed by atoms with E-state index in [1.165, 1.54) is 135 Å². The molecule has 0 radical (unpaired) electrons. The number of ether oxygens (including phenoxy) is 2. The molecule has 0 heterocycles. The monoisotopic (exact) mass is 664 g/mol. The number of phosphoric acid groups is 1. The van der Waals surface area contributed by atoms with Gasteiger partial charge in [-0.05, 0) is 12.8 Å². The maximum absolute atomic E-state index is 12.4. The zero-order valence-corrected chi connectivity index (χ0v) is 30.5. The molecule has 9 heteroatoms. The Kier molecular flexibility index (Phi) is 34.4. The molecule has 0 saturated carbocycles. The van der Waals surface area contributed by atoms with Gasteiger partial charge in [0.1, 0.15) is 6.10 Å². The van der Waals surface area contributed by atoms with Crippen molar-refractivity contribution in [2.24, 2.45) is 5.73 Å². The largest absolute Gasteiger partial charge is 0.472 e. The number of hydrogen-bond acceptors (Lipinski definition) is 7. The van der Waals surface area contributed by atoms with E-state index in [1.807, 2.05) is 0 Å². The van der Waals surface area contributed by atoms with Gasteiger partial charge in [0.15, 0.2) is 0 Å². The number of phosphoric ester groups is 1. The SMILES string of the molecule is CCCCCCCCCCCCCCCCCCCCCOCC(COP(=O)(O)OCCN)OC(=O)CCCCCCCCC. The summed E-state index contributed by atoms with van der Waals surface area (Å²) in [5.74, 6) is -0.333. The second-order valence-corrected chi connectivity index (χ2v) is 14.3. The lowest BCUT2D eigenvalue weighted by atomic mass is 10.0. The summed E-state index contributed by atoms with van der Waals surface area (Å²) in [6.45, 7) is 4.91. The maximum atomic E-state index is 12.4. The molecule has 2 unspecified atom stereocenters. The smallest absolute Gasteiger partial charge is 0.457 e. The molecule has 0 aromatic carbocycles. The van der Waals surface area contributed by atoms with Crippen LogP contribution in [0.25, 0.3) is 0 Å². The zero-order chi connectivity index (χ0) is 33.1. The van der Waals surface area contributed by atoms with Crippen LogP contribution >= 0.6 is 7.82 Å². The fourth-order valence-electron chi connectivity index (χ4n) is 5.47. The quantitative estimate of drug-likeness (QED) is 0.0383. The van der Waals surface area contributed by atoms with E-state index in [2.05, 4.69) is 13.8 Å². The predicted molar refractivity (Wildman–Crippen MR) is 187 cm³/mol. The van der Waals surface area contributed by atoms with E-state index in [0.29, 0.717) is 13.0 Å². The van der Waals surface area contributed by atoms with E-state index < -0.39 is 13.9 Å². The van der Waals surface area contributed by atoms with Crippen LogP contribution in [0.2, 0.25) is 0 Å². The van der Waals surface area contributed by atoms with Crippen molar-refractivity contribution in [1.29, 1.82) is 0 Å². The first-order valence-electron chi connectivity index (χ1n) is 19.0. The standard InChI is InChI=1S/C36H74NO7P/c1-3-5-7-9-11-12-13-14-15-16-17-18-19-20-21-22-24-26-28-31-41-33-35(34-43-45(39,40)42-32-30-37)44-36(38)29-27-25-23-10-8-6-4-2/h35H,3-34,37H2,1-2H3,(H,39,40). The van der Waals surface area contributed by atoms with Crippen molar-refractivity contribution in [3.05, 3.63) is 0 Å². The molecule has 3 N–H and O–H groups in total. The Balaban J connectivity index is 3.89. The van der Waals surface area contributed by atoms with Gasteiger partial charge in [-0.25, -0.2) is 4.57 Å². The lowest BCUT2D eigenvalue weighted by Gasteiger charge is -2.20. The summed E-state index contributed by atoms with van der Waals surface area (Å²) in [4.78, 5) is 22.2. The van der Waals surface area contributed by atoms with Crippen LogP contribution in [-0.2, 0) is 27.9 Å². The Labute approximate surface area is 278 Å². The molecule has 2 atom stereocenters. The minimum Gasteiger partial charge on any atom is -0.457 e. The van der Waals surface area contributed by atoms with Gasteiger partial charge in [0.2, 0.25) is 0 Å². The zero-order valence-electron chi connectivity index (χ0n) is 29.6. The third-order valence-electron chi connectivity index (χ3n) is 8.27. The molecule has 0 aromatic rings. The van der Waals surface area contributed by atoms with Crippen molar-refractivity contribution in [1.82, 2.24) is 0 Å². The molecule has 0 saturated heterocycles. The molecule has 0 amide bonds. The highest BCUT2D eigenvalue weighted by atomic mass is 31.2. The first kappa shape index (κ1) is 44.5. The normalized spacial score (nSPS) is 13.6. The van der Waals surface area contributed by atoms with Crippen molar-refractivity contribution < 1.29 is 32.8 Å². The van der Waals surface area contributed by atoms with Gasteiger partial charge in [-0.15, -0.1) is 0 Å². The highest BCUT2D eigenvalue weighted by Crippen LogP contribution is 2.43. The van der Waals surface area contributed by atoms with Crippen molar-refractivity contribution in [3.8, 4) is 0 Å². The molecule has 0 aliphatic rings. The van der Waals surface area contributed by atoms with Gasteiger partial charge in [-0.2, -0.15) is 0 Å². The Hall–Kier alpha value is -0.500. The number of rotatable bonds is 37. The Bertz CT molecular complexity index is 667. The molecule has 0 bridgehead atoms. The van der Waals surface area contributed by atoms with Crippen molar-refractivity contribution in [2.45, 2.75) is 193 Å². The number of hydrogen-bond donors (Lipinski definition) is 2. The van der Waals surface area contributed by atoms with Crippen molar-refractivity contribution >= 4 is 13.8 Å². The van der Waals surface area contributed by atoms with Crippen LogP contribution in [0.15, 0.2) is 0 Å². The minimum absolute atomic E-state index is 0.0909. The molecule has 0 rings (SSSR count). The van der Waals surface area contributed by atoms with Gasteiger partial charge < -0.3 is 20.1 Å². The molecule has 270 valence electrons. The highest BCUT2D eigenvalue weighted by molar-refractivity contribution is 7.47. The summed E-state index contributed by atoms with van der Waals surface area (Å²) in [5.41, 5.74) is 5.34. The number of unbranched alkanes of at least 4 members (excludes halogenated alkanes) is 24. The fraction of sp³-hybridized carbons (Fsp3) is 0.972. The number of carbonyl (C=O) groups excluding carboxylic acids is 1. The molecule has 45 heavy (non-hydrogen) atoms. The lowest BCUT2D eigenvalue weighted by molar-refractivity contribution is -0.154. The third-order valence-corrected chi connectivity index (χ3v) is 9.26. The fourth-order valence-corrected chi connectivity index (χ4v) is 6.23. The molecule has 0 aliphatic heterocycles. The summed E-state index contributed by atoms with van der Waals surface area (Å²) in [6.07, 6.45) is 32.8. The average Bonchev–Trinajstić information content (AvgIpc) is 3.02. The van der Waals surface area contributed by atoms with Gasteiger partial charge in [-0.1, -0.05) is 168 Å². The van der Waals surface area contributed by atoms with Crippen LogP contribution in [0.3, 0.4) is 0 Å². The second-order valence-electron chi connectivity index (χ2n) is 12.8. The molecular formula is C36H74NO7P. The van der Waals surface area contributed by atoms with Crippen LogP contribution < -0.4 is 5.73 Å². The summed E-state index contributed by atoms with van der Waals surface area (Å²) in [5, 5.41) is 0. The first-order chi connectivity index (χ1) is 21.9. The molecule has 8 nitrogen and oxygen atoms in total. The van der Waals surface area contributed by atoms with Crippen LogP contribution in [0.4, 0.5) is 0 Å². The number of esters is 1. The van der Waals surface area contributed by atoms with Gasteiger partial charge in [0, 0.05) is 19.6 Å². The summed E-state index contributed by atoms with van der Waals surface area (Å²) >= 11 is 0. The summed E-state index contributed by atoms with van der Waals surface area (Å²) < 4.78 is 33.2. The van der Waals surface area contributed by atoms with E-state index >= 15 is 0 Å². The summed E-state index contributed by atoms with van der Waals surface area (Å²) in [7, 11) is -4.25. The van der Waals surface area contributed by atoms with Crippen molar-refractivity contribution in [3.63, 3.8) is 0 Å².